The van der Waals surface area contributed by atoms with Gasteiger partial charge in [0.2, 0.25) is 0 Å². The minimum atomic E-state index is -0.338. The van der Waals surface area contributed by atoms with Gasteiger partial charge in [-0.05, 0) is 32.0 Å². The van der Waals surface area contributed by atoms with Crippen LogP contribution in [-0.2, 0) is 0 Å². The zero-order chi connectivity index (χ0) is 11.1. The van der Waals surface area contributed by atoms with Crippen molar-refractivity contribution in [1.29, 1.82) is 0 Å². The molecule has 0 saturated carbocycles. The Bertz CT molecular complexity index is 305. The number of halogens is 1. The Hall–Kier alpha value is -1.29. The third-order valence-corrected chi connectivity index (χ3v) is 1.94. The number of anilines is 1. The molecule has 1 aromatic rings. The van der Waals surface area contributed by atoms with Crippen LogP contribution in [-0.4, -0.2) is 19.7 Å². The van der Waals surface area contributed by atoms with E-state index in [0.717, 1.165) is 18.7 Å². The molecule has 0 aliphatic rings. The van der Waals surface area contributed by atoms with Crippen LogP contribution in [0.3, 0.4) is 0 Å². The Labute approximate surface area is 89.4 Å². The van der Waals surface area contributed by atoms with Crippen LogP contribution in [0.1, 0.15) is 13.3 Å². The number of rotatable bonds is 6. The normalized spacial score (nSPS) is 10.1. The number of ether oxygens (including phenoxy) is 1. The molecular formula is C11H17FN2O. The molecular weight excluding hydrogens is 195 g/mol. The van der Waals surface area contributed by atoms with Crippen LogP contribution in [0.2, 0.25) is 0 Å². The molecule has 0 aromatic heterocycles. The second-order valence-electron chi connectivity index (χ2n) is 3.15. The third-order valence-electron chi connectivity index (χ3n) is 1.94. The van der Waals surface area contributed by atoms with Gasteiger partial charge in [-0.15, -0.1) is 0 Å². The molecule has 0 aliphatic carbocycles. The summed E-state index contributed by atoms with van der Waals surface area (Å²) < 4.78 is 18.5. The molecule has 0 atom stereocenters. The topological polar surface area (TPSA) is 47.3 Å². The van der Waals surface area contributed by atoms with Crippen LogP contribution in [0.25, 0.3) is 0 Å². The van der Waals surface area contributed by atoms with Gasteiger partial charge in [-0.1, -0.05) is 0 Å². The van der Waals surface area contributed by atoms with Gasteiger partial charge in [0.1, 0.15) is 0 Å². The maximum Gasteiger partial charge on any atom is 0.167 e. The van der Waals surface area contributed by atoms with Crippen LogP contribution in [0.5, 0.6) is 5.75 Å². The molecule has 0 radical (unpaired) electrons. The fourth-order valence-electron chi connectivity index (χ4n) is 1.22. The lowest BCUT2D eigenvalue weighted by Gasteiger charge is -2.08. The van der Waals surface area contributed by atoms with Crippen molar-refractivity contribution in [3.63, 3.8) is 0 Å². The van der Waals surface area contributed by atoms with Crippen molar-refractivity contribution >= 4 is 5.69 Å². The summed E-state index contributed by atoms with van der Waals surface area (Å²) in [5, 5.41) is 3.08. The van der Waals surface area contributed by atoms with E-state index in [1.54, 1.807) is 12.1 Å². The van der Waals surface area contributed by atoms with Gasteiger partial charge in [0, 0.05) is 18.3 Å². The SMILES string of the molecule is CCOc1ccc(NCCCN)cc1F. The summed E-state index contributed by atoms with van der Waals surface area (Å²) in [7, 11) is 0. The van der Waals surface area contributed by atoms with Crippen molar-refractivity contribution < 1.29 is 9.13 Å². The summed E-state index contributed by atoms with van der Waals surface area (Å²) in [5.74, 6) is -0.0449. The van der Waals surface area contributed by atoms with Gasteiger partial charge in [0.25, 0.3) is 0 Å². The molecule has 0 spiro atoms. The highest BCUT2D eigenvalue weighted by Gasteiger charge is 2.03. The van der Waals surface area contributed by atoms with Gasteiger partial charge >= 0.3 is 0 Å². The van der Waals surface area contributed by atoms with Crippen molar-refractivity contribution in [2.45, 2.75) is 13.3 Å². The fourth-order valence-corrected chi connectivity index (χ4v) is 1.22. The van der Waals surface area contributed by atoms with Crippen LogP contribution < -0.4 is 15.8 Å². The molecule has 3 nitrogen and oxygen atoms in total. The molecule has 15 heavy (non-hydrogen) atoms. The molecule has 0 fully saturated rings. The average molecular weight is 212 g/mol. The van der Waals surface area contributed by atoms with Gasteiger partial charge in [-0.2, -0.15) is 0 Å². The monoisotopic (exact) mass is 212 g/mol. The quantitative estimate of drug-likeness (QED) is 0.709. The van der Waals surface area contributed by atoms with E-state index >= 15 is 0 Å². The molecule has 1 rings (SSSR count). The number of hydrogen-bond acceptors (Lipinski definition) is 3. The van der Waals surface area contributed by atoms with Crippen LogP contribution >= 0.6 is 0 Å². The molecule has 4 heteroatoms. The Morgan fingerprint density at radius 3 is 2.87 bits per heavy atom. The van der Waals surface area contributed by atoms with E-state index in [2.05, 4.69) is 5.32 Å². The van der Waals surface area contributed by atoms with Gasteiger partial charge in [-0.25, -0.2) is 4.39 Å². The molecule has 0 unspecified atom stereocenters. The zero-order valence-corrected chi connectivity index (χ0v) is 8.92. The predicted molar refractivity (Wildman–Crippen MR) is 59.7 cm³/mol. The lowest BCUT2D eigenvalue weighted by Crippen LogP contribution is -2.08. The Balaban J connectivity index is 2.56. The van der Waals surface area contributed by atoms with Gasteiger partial charge in [0.15, 0.2) is 11.6 Å². The van der Waals surface area contributed by atoms with Crippen molar-refractivity contribution in [3.8, 4) is 5.75 Å². The minimum absolute atomic E-state index is 0.293. The molecule has 0 heterocycles. The summed E-state index contributed by atoms with van der Waals surface area (Å²) >= 11 is 0. The number of nitrogens with two attached hydrogens (primary N) is 1. The largest absolute Gasteiger partial charge is 0.491 e. The molecule has 0 amide bonds. The maximum atomic E-state index is 13.4. The van der Waals surface area contributed by atoms with Crippen LogP contribution in [0.4, 0.5) is 10.1 Å². The lowest BCUT2D eigenvalue weighted by atomic mass is 10.3. The van der Waals surface area contributed by atoms with Gasteiger partial charge < -0.3 is 15.8 Å². The van der Waals surface area contributed by atoms with Crippen LogP contribution in [0, 0.1) is 5.82 Å². The van der Waals surface area contributed by atoms with Crippen molar-refractivity contribution in [2.24, 2.45) is 5.73 Å². The predicted octanol–water partition coefficient (Wildman–Crippen LogP) is 1.99. The smallest absolute Gasteiger partial charge is 0.167 e. The van der Waals surface area contributed by atoms with E-state index in [0.29, 0.717) is 18.9 Å². The molecule has 0 bridgehead atoms. The highest BCUT2D eigenvalue weighted by Crippen LogP contribution is 2.20. The molecule has 3 N–H and O–H groups in total. The summed E-state index contributed by atoms with van der Waals surface area (Å²) in [6, 6.07) is 4.86. The lowest BCUT2D eigenvalue weighted by molar-refractivity contribution is 0.321. The minimum Gasteiger partial charge on any atom is -0.491 e. The van der Waals surface area contributed by atoms with E-state index in [1.807, 2.05) is 6.92 Å². The maximum absolute atomic E-state index is 13.4. The van der Waals surface area contributed by atoms with E-state index in [4.69, 9.17) is 10.5 Å². The zero-order valence-electron chi connectivity index (χ0n) is 8.92. The highest BCUT2D eigenvalue weighted by atomic mass is 19.1. The first-order chi connectivity index (χ1) is 7.27. The Kier molecular flexibility index (Phi) is 4.90. The number of benzene rings is 1. The summed E-state index contributed by atoms with van der Waals surface area (Å²) in [5.41, 5.74) is 6.11. The standard InChI is InChI=1S/C11H17FN2O/c1-2-15-11-5-4-9(8-10(11)12)14-7-3-6-13/h4-5,8,14H,2-3,6-7,13H2,1H3. The van der Waals surface area contributed by atoms with E-state index < -0.39 is 0 Å². The molecule has 0 saturated heterocycles. The third kappa shape index (κ3) is 3.75. The van der Waals surface area contributed by atoms with E-state index in [9.17, 15) is 4.39 Å². The summed E-state index contributed by atoms with van der Waals surface area (Å²) in [6.45, 7) is 3.68. The van der Waals surface area contributed by atoms with E-state index in [1.165, 1.54) is 6.07 Å². The average Bonchev–Trinajstić information content (AvgIpc) is 2.23. The number of nitrogens with one attached hydrogen (secondary N) is 1. The second-order valence-corrected chi connectivity index (χ2v) is 3.15. The number of hydrogen-bond donors (Lipinski definition) is 2. The highest BCUT2D eigenvalue weighted by molar-refractivity contribution is 5.47. The first kappa shape index (κ1) is 11.8. The van der Waals surface area contributed by atoms with E-state index in [-0.39, 0.29) is 5.82 Å². The molecule has 0 aliphatic heterocycles. The molecule has 84 valence electrons. The van der Waals surface area contributed by atoms with Crippen LogP contribution in [0.15, 0.2) is 18.2 Å². The summed E-state index contributed by atoms with van der Waals surface area (Å²) in [4.78, 5) is 0. The Morgan fingerprint density at radius 1 is 1.47 bits per heavy atom. The Morgan fingerprint density at radius 2 is 2.27 bits per heavy atom. The first-order valence-corrected chi connectivity index (χ1v) is 5.14. The van der Waals surface area contributed by atoms with Gasteiger partial charge in [0.05, 0.1) is 6.61 Å². The first-order valence-electron chi connectivity index (χ1n) is 5.14. The van der Waals surface area contributed by atoms with Crippen molar-refractivity contribution in [1.82, 2.24) is 0 Å². The summed E-state index contributed by atoms with van der Waals surface area (Å²) in [6.07, 6.45) is 0.870. The molecule has 1 aromatic carbocycles. The van der Waals surface area contributed by atoms with Gasteiger partial charge in [-0.3, -0.25) is 0 Å². The fraction of sp³-hybridized carbons (Fsp3) is 0.455. The second kappa shape index (κ2) is 6.24. The van der Waals surface area contributed by atoms with Crippen molar-refractivity contribution in [3.05, 3.63) is 24.0 Å². The van der Waals surface area contributed by atoms with Crippen molar-refractivity contribution in [2.75, 3.05) is 25.0 Å².